The fourth-order valence-corrected chi connectivity index (χ4v) is 9.21. The number of hydrogen-bond donors (Lipinski definition) is 0. The molecule has 0 atom stereocenters. The van der Waals surface area contributed by atoms with Crippen molar-refractivity contribution < 1.29 is 4.42 Å². The lowest BCUT2D eigenvalue weighted by molar-refractivity contribution is 0.672. The Bertz CT molecular complexity index is 3160. The van der Waals surface area contributed by atoms with Gasteiger partial charge in [-0.05, 0) is 99.1 Å². The van der Waals surface area contributed by atoms with Crippen molar-refractivity contribution in [3.05, 3.63) is 188 Å². The normalized spacial score (nSPS) is 11.8. The van der Waals surface area contributed by atoms with Crippen LogP contribution in [0.15, 0.2) is 192 Å². The van der Waals surface area contributed by atoms with Gasteiger partial charge in [0.15, 0.2) is 0 Å². The number of furan rings is 1. The van der Waals surface area contributed by atoms with Gasteiger partial charge in [0.2, 0.25) is 0 Å². The van der Waals surface area contributed by atoms with Gasteiger partial charge in [-0.1, -0.05) is 127 Å². The monoisotopic (exact) mass is 693 g/mol. The van der Waals surface area contributed by atoms with Gasteiger partial charge in [0.05, 0.1) is 11.1 Å². The first-order chi connectivity index (χ1) is 26.3. The van der Waals surface area contributed by atoms with Crippen LogP contribution in [0.3, 0.4) is 0 Å². The molecule has 0 saturated heterocycles. The van der Waals surface area contributed by atoms with E-state index in [4.69, 9.17) is 4.42 Å². The largest absolute Gasteiger partial charge is 0.455 e. The molecule has 0 saturated carbocycles. The topological polar surface area (TPSA) is 16.4 Å². The average Bonchev–Trinajstić information content (AvgIpc) is 3.80. The summed E-state index contributed by atoms with van der Waals surface area (Å²) in [7, 11) is 0. The predicted octanol–water partition coefficient (Wildman–Crippen LogP) is 15.1. The molecule has 0 fully saturated rings. The second-order valence-electron chi connectivity index (χ2n) is 13.7. The van der Waals surface area contributed by atoms with E-state index in [2.05, 4.69) is 193 Å². The molecule has 0 aliphatic rings. The summed E-state index contributed by atoms with van der Waals surface area (Å²) >= 11 is 1.86. The van der Waals surface area contributed by atoms with Gasteiger partial charge in [0, 0.05) is 42.3 Å². The molecule has 0 aliphatic heterocycles. The molecule has 248 valence electrons. The van der Waals surface area contributed by atoms with E-state index < -0.39 is 0 Å². The first kappa shape index (κ1) is 30.0. The van der Waals surface area contributed by atoms with Gasteiger partial charge in [-0.3, -0.25) is 0 Å². The van der Waals surface area contributed by atoms with Crippen molar-refractivity contribution in [1.82, 2.24) is 0 Å². The van der Waals surface area contributed by atoms with E-state index in [1.807, 2.05) is 11.3 Å². The lowest BCUT2D eigenvalue weighted by atomic mass is 9.98. The molecule has 0 radical (unpaired) electrons. The third-order valence-electron chi connectivity index (χ3n) is 10.7. The minimum Gasteiger partial charge on any atom is -0.455 e. The minimum absolute atomic E-state index is 0.874. The molecule has 2 nitrogen and oxygen atoms in total. The Morgan fingerprint density at radius 1 is 0.396 bits per heavy atom. The summed E-state index contributed by atoms with van der Waals surface area (Å²) in [5, 5.41) is 9.63. The van der Waals surface area contributed by atoms with Crippen molar-refractivity contribution in [3.8, 4) is 22.3 Å². The van der Waals surface area contributed by atoms with Gasteiger partial charge >= 0.3 is 0 Å². The standard InChI is InChI=1S/C50H31NOS/c1-3-12-39-33(9-1)11-7-15-40(39)35-21-27-38(28-22-35)51(45-16-8-17-46-49(45)43-29-23-34-10-2-4-13-41(34)50(43)52-46)37-25-19-32(20-26-37)36-24-30-48-44(31-36)42-14-5-6-18-47(42)53-48/h1-31H. The van der Waals surface area contributed by atoms with Crippen LogP contribution in [0.25, 0.3) is 85.9 Å². The average molecular weight is 694 g/mol. The van der Waals surface area contributed by atoms with Crippen molar-refractivity contribution in [3.63, 3.8) is 0 Å². The maximum absolute atomic E-state index is 6.66. The first-order valence-corrected chi connectivity index (χ1v) is 18.8. The lowest BCUT2D eigenvalue weighted by Crippen LogP contribution is -2.10. The molecule has 9 aromatic carbocycles. The Hall–Kier alpha value is -6.68. The predicted molar refractivity (Wildman–Crippen MR) is 227 cm³/mol. The number of hydrogen-bond acceptors (Lipinski definition) is 3. The van der Waals surface area contributed by atoms with Gasteiger partial charge in [-0.25, -0.2) is 0 Å². The molecular weight excluding hydrogens is 663 g/mol. The second kappa shape index (κ2) is 11.9. The maximum Gasteiger partial charge on any atom is 0.143 e. The molecule has 11 rings (SSSR count). The Labute approximate surface area is 310 Å². The van der Waals surface area contributed by atoms with E-state index in [-0.39, 0.29) is 0 Å². The summed E-state index contributed by atoms with van der Waals surface area (Å²) in [6.07, 6.45) is 0. The van der Waals surface area contributed by atoms with E-state index in [9.17, 15) is 0 Å². The van der Waals surface area contributed by atoms with Crippen LogP contribution < -0.4 is 4.90 Å². The second-order valence-corrected chi connectivity index (χ2v) is 14.8. The summed E-state index contributed by atoms with van der Waals surface area (Å²) in [6, 6.07) is 68.0. The molecule has 0 spiro atoms. The van der Waals surface area contributed by atoms with Crippen molar-refractivity contribution in [2.75, 3.05) is 4.90 Å². The molecule has 2 heterocycles. The van der Waals surface area contributed by atoms with Crippen molar-refractivity contribution in [2.45, 2.75) is 0 Å². The van der Waals surface area contributed by atoms with E-state index in [1.54, 1.807) is 0 Å². The van der Waals surface area contributed by atoms with Crippen LogP contribution in [-0.2, 0) is 0 Å². The molecule has 0 N–H and O–H groups in total. The fraction of sp³-hybridized carbons (Fsp3) is 0. The van der Waals surface area contributed by atoms with Gasteiger partial charge in [-0.2, -0.15) is 0 Å². The van der Waals surface area contributed by atoms with E-state index in [0.29, 0.717) is 0 Å². The Balaban J connectivity index is 1.07. The van der Waals surface area contributed by atoms with Crippen LogP contribution in [0, 0.1) is 0 Å². The van der Waals surface area contributed by atoms with Crippen LogP contribution in [-0.4, -0.2) is 0 Å². The zero-order valence-corrected chi connectivity index (χ0v) is 29.5. The highest BCUT2D eigenvalue weighted by atomic mass is 32.1. The number of thiophene rings is 1. The highest BCUT2D eigenvalue weighted by molar-refractivity contribution is 7.25. The molecular formula is C50H31NOS. The smallest absolute Gasteiger partial charge is 0.143 e. The van der Waals surface area contributed by atoms with Crippen molar-refractivity contribution in [2.24, 2.45) is 0 Å². The molecule has 0 aliphatic carbocycles. The SMILES string of the molecule is c1ccc2c(-c3ccc(N(c4ccc(-c5ccc6sc7ccccc7c6c5)cc4)c4cccc5oc6c7ccccc7ccc6c45)cc3)cccc2c1. The van der Waals surface area contributed by atoms with Crippen LogP contribution in [0.5, 0.6) is 0 Å². The Morgan fingerprint density at radius 2 is 1.02 bits per heavy atom. The van der Waals surface area contributed by atoms with Crippen molar-refractivity contribution >= 4 is 92.1 Å². The summed E-state index contributed by atoms with van der Waals surface area (Å²) in [5.41, 5.74) is 9.86. The molecule has 0 amide bonds. The van der Waals surface area contributed by atoms with Crippen LogP contribution in [0.4, 0.5) is 17.1 Å². The lowest BCUT2D eigenvalue weighted by Gasteiger charge is -2.26. The zero-order valence-electron chi connectivity index (χ0n) is 28.7. The summed E-state index contributed by atoms with van der Waals surface area (Å²) in [4.78, 5) is 2.37. The number of benzene rings is 9. The molecule has 11 aromatic rings. The third kappa shape index (κ3) is 4.86. The Kier molecular flexibility index (Phi) is 6.76. The third-order valence-corrected chi connectivity index (χ3v) is 11.8. The number of fused-ring (bicyclic) bond motifs is 9. The number of nitrogens with zero attached hydrogens (tertiary/aromatic N) is 1. The zero-order chi connectivity index (χ0) is 34.9. The minimum atomic E-state index is 0.874. The summed E-state index contributed by atoms with van der Waals surface area (Å²) in [5.74, 6) is 0. The first-order valence-electron chi connectivity index (χ1n) is 18.0. The number of rotatable bonds is 5. The Morgan fingerprint density at radius 3 is 1.83 bits per heavy atom. The maximum atomic E-state index is 6.66. The van der Waals surface area contributed by atoms with Gasteiger partial charge in [-0.15, -0.1) is 11.3 Å². The summed E-state index contributed by atoms with van der Waals surface area (Å²) < 4.78 is 9.30. The van der Waals surface area contributed by atoms with Crippen LogP contribution >= 0.6 is 11.3 Å². The van der Waals surface area contributed by atoms with E-state index in [0.717, 1.165) is 44.4 Å². The number of anilines is 3. The van der Waals surface area contributed by atoms with Gasteiger partial charge in [0.25, 0.3) is 0 Å². The quantitative estimate of drug-likeness (QED) is 0.178. The molecule has 0 unspecified atom stereocenters. The highest BCUT2D eigenvalue weighted by Crippen LogP contribution is 2.45. The van der Waals surface area contributed by atoms with Crippen LogP contribution in [0.1, 0.15) is 0 Å². The molecule has 53 heavy (non-hydrogen) atoms. The highest BCUT2D eigenvalue weighted by Gasteiger charge is 2.21. The fourth-order valence-electron chi connectivity index (χ4n) is 8.12. The van der Waals surface area contributed by atoms with Crippen LogP contribution in [0.2, 0.25) is 0 Å². The van der Waals surface area contributed by atoms with Crippen molar-refractivity contribution in [1.29, 1.82) is 0 Å². The van der Waals surface area contributed by atoms with Gasteiger partial charge < -0.3 is 9.32 Å². The van der Waals surface area contributed by atoms with E-state index >= 15 is 0 Å². The molecule has 0 bridgehead atoms. The molecule has 2 aromatic heterocycles. The van der Waals surface area contributed by atoms with Gasteiger partial charge in [0.1, 0.15) is 11.2 Å². The molecule has 3 heteroatoms. The van der Waals surface area contributed by atoms with E-state index in [1.165, 1.54) is 58.6 Å². The summed E-state index contributed by atoms with van der Waals surface area (Å²) in [6.45, 7) is 0.